The molecule has 0 aromatic carbocycles. The Balaban J connectivity index is 2.02. The van der Waals surface area contributed by atoms with Crippen LogP contribution >= 0.6 is 0 Å². The summed E-state index contributed by atoms with van der Waals surface area (Å²) in [6, 6.07) is 4.40. The van der Waals surface area contributed by atoms with Crippen molar-refractivity contribution in [2.24, 2.45) is 0 Å². The van der Waals surface area contributed by atoms with Crippen LogP contribution in [0.4, 0.5) is 0 Å². The van der Waals surface area contributed by atoms with Gasteiger partial charge in [0.1, 0.15) is 0 Å². The molecular weight excluding hydrogens is 202 g/mol. The zero-order chi connectivity index (χ0) is 11.4. The van der Waals surface area contributed by atoms with Gasteiger partial charge < -0.3 is 14.4 Å². The fourth-order valence-electron chi connectivity index (χ4n) is 1.74. The number of nitrogens with zero attached hydrogens (tertiary/aromatic N) is 2. The molecule has 0 radical (unpaired) electrons. The second-order valence-corrected chi connectivity index (χ2v) is 3.88. The molecule has 0 aliphatic carbocycles. The van der Waals surface area contributed by atoms with E-state index in [9.17, 15) is 0 Å². The number of hydrogen-bond donors (Lipinski definition) is 1. The van der Waals surface area contributed by atoms with Crippen molar-refractivity contribution >= 4 is 0 Å². The van der Waals surface area contributed by atoms with Crippen LogP contribution in [0.25, 0.3) is 0 Å². The highest BCUT2D eigenvalue weighted by molar-refractivity contribution is 5.15. The fraction of sp³-hybridized carbons (Fsp3) is 0.417. The van der Waals surface area contributed by atoms with E-state index >= 15 is 0 Å². The molecule has 16 heavy (non-hydrogen) atoms. The van der Waals surface area contributed by atoms with E-state index < -0.39 is 0 Å². The Morgan fingerprint density at radius 1 is 1.50 bits per heavy atom. The molecule has 4 heteroatoms. The average Bonchev–Trinajstić information content (AvgIpc) is 2.90. The van der Waals surface area contributed by atoms with Gasteiger partial charge in [-0.15, -0.1) is 0 Å². The molecule has 2 aromatic heterocycles. The van der Waals surface area contributed by atoms with Gasteiger partial charge in [-0.1, -0.05) is 12.1 Å². The summed E-state index contributed by atoms with van der Waals surface area (Å²) in [7, 11) is 0. The van der Waals surface area contributed by atoms with E-state index in [0.29, 0.717) is 6.04 Å². The number of nitrogens with one attached hydrogen (secondary N) is 1. The lowest BCUT2D eigenvalue weighted by atomic mass is 10.2. The van der Waals surface area contributed by atoms with Gasteiger partial charge in [0.25, 0.3) is 0 Å². The third-order valence-corrected chi connectivity index (χ3v) is 2.61. The van der Waals surface area contributed by atoms with E-state index in [-0.39, 0.29) is 0 Å². The summed E-state index contributed by atoms with van der Waals surface area (Å²) in [5.41, 5.74) is 1.29. The molecule has 0 bridgehead atoms. The summed E-state index contributed by atoms with van der Waals surface area (Å²) in [4.78, 5) is 0. The molecule has 0 aliphatic rings. The van der Waals surface area contributed by atoms with Gasteiger partial charge in [0, 0.05) is 24.5 Å². The van der Waals surface area contributed by atoms with Crippen molar-refractivity contribution in [3.63, 3.8) is 0 Å². The van der Waals surface area contributed by atoms with Crippen LogP contribution in [0.1, 0.15) is 31.2 Å². The molecule has 1 N–H and O–H groups in total. The normalized spacial score (nSPS) is 12.9. The molecule has 0 amide bonds. The minimum atomic E-state index is 0.390. The third-order valence-electron chi connectivity index (χ3n) is 2.61. The molecule has 2 aromatic rings. The molecule has 4 nitrogen and oxygen atoms in total. The zero-order valence-corrected chi connectivity index (χ0v) is 9.68. The van der Waals surface area contributed by atoms with Gasteiger partial charge in [-0.25, -0.2) is 0 Å². The van der Waals surface area contributed by atoms with E-state index in [4.69, 9.17) is 4.52 Å². The van der Waals surface area contributed by atoms with Crippen molar-refractivity contribution in [2.45, 2.75) is 26.4 Å². The second kappa shape index (κ2) is 4.99. The minimum absolute atomic E-state index is 0.390. The number of hydrogen-bond acceptors (Lipinski definition) is 3. The average molecular weight is 219 g/mol. The third kappa shape index (κ3) is 2.52. The molecule has 2 heterocycles. The topological polar surface area (TPSA) is 43.0 Å². The Hall–Kier alpha value is -1.55. The van der Waals surface area contributed by atoms with E-state index in [1.54, 1.807) is 6.20 Å². The first-order valence-electron chi connectivity index (χ1n) is 5.58. The van der Waals surface area contributed by atoms with E-state index in [1.807, 2.05) is 6.07 Å². The quantitative estimate of drug-likeness (QED) is 0.838. The highest BCUT2D eigenvalue weighted by Crippen LogP contribution is 2.13. The first-order chi connectivity index (χ1) is 7.79. The summed E-state index contributed by atoms with van der Waals surface area (Å²) in [6.07, 6.45) is 5.86. The molecule has 0 spiro atoms. The molecule has 2 rings (SSSR count). The van der Waals surface area contributed by atoms with Crippen LogP contribution in [-0.2, 0) is 6.54 Å². The van der Waals surface area contributed by atoms with Gasteiger partial charge >= 0.3 is 0 Å². The zero-order valence-electron chi connectivity index (χ0n) is 9.68. The molecule has 0 fully saturated rings. The Kier molecular flexibility index (Phi) is 3.41. The Morgan fingerprint density at radius 2 is 2.38 bits per heavy atom. The predicted molar refractivity (Wildman–Crippen MR) is 62.1 cm³/mol. The van der Waals surface area contributed by atoms with Gasteiger partial charge in [-0.2, -0.15) is 0 Å². The summed E-state index contributed by atoms with van der Waals surface area (Å²) in [6.45, 7) is 5.99. The smallest absolute Gasteiger partial charge is 0.156 e. The van der Waals surface area contributed by atoms with Crippen molar-refractivity contribution < 1.29 is 4.52 Å². The molecule has 0 saturated heterocycles. The maximum absolute atomic E-state index is 5.07. The van der Waals surface area contributed by atoms with Gasteiger partial charge in [0.05, 0.1) is 12.7 Å². The maximum atomic E-state index is 5.07. The Labute approximate surface area is 95.2 Å². The number of rotatable bonds is 5. The van der Waals surface area contributed by atoms with Crippen LogP contribution in [-0.4, -0.2) is 16.3 Å². The number of aromatic nitrogens is 2. The van der Waals surface area contributed by atoms with Crippen molar-refractivity contribution in [1.82, 2.24) is 15.0 Å². The first kappa shape index (κ1) is 11.0. The second-order valence-electron chi connectivity index (χ2n) is 3.88. The van der Waals surface area contributed by atoms with Crippen LogP contribution in [0.2, 0.25) is 0 Å². The molecule has 1 unspecified atom stereocenters. The lowest BCUT2D eigenvalue weighted by molar-refractivity contribution is 0.376. The predicted octanol–water partition coefficient (Wildman–Crippen LogP) is 2.19. The Bertz CT molecular complexity index is 419. The van der Waals surface area contributed by atoms with Gasteiger partial charge in [0.15, 0.2) is 5.76 Å². The van der Waals surface area contributed by atoms with E-state index in [0.717, 1.165) is 18.8 Å². The van der Waals surface area contributed by atoms with Crippen LogP contribution in [0.3, 0.4) is 0 Å². The lowest BCUT2D eigenvalue weighted by Crippen LogP contribution is -2.17. The van der Waals surface area contributed by atoms with Crippen molar-refractivity contribution in [2.75, 3.05) is 6.54 Å². The fourth-order valence-corrected chi connectivity index (χ4v) is 1.74. The first-order valence-corrected chi connectivity index (χ1v) is 5.58. The molecule has 0 saturated carbocycles. The minimum Gasteiger partial charge on any atom is -0.359 e. The van der Waals surface area contributed by atoms with E-state index in [1.165, 1.54) is 5.56 Å². The van der Waals surface area contributed by atoms with E-state index in [2.05, 4.69) is 47.3 Å². The van der Waals surface area contributed by atoms with Crippen molar-refractivity contribution in [3.8, 4) is 0 Å². The standard InChI is InChI=1S/C12H17N3O/c1-3-13-10(2)11-5-7-15(8-11)9-12-4-6-14-16-12/h4-8,10,13H,3,9H2,1-2H3. The van der Waals surface area contributed by atoms with Crippen LogP contribution in [0.15, 0.2) is 35.2 Å². The van der Waals surface area contributed by atoms with Crippen molar-refractivity contribution in [1.29, 1.82) is 0 Å². The summed E-state index contributed by atoms with van der Waals surface area (Å²) < 4.78 is 7.17. The molecule has 86 valence electrons. The largest absolute Gasteiger partial charge is 0.359 e. The molecule has 0 aliphatic heterocycles. The molecule has 1 atom stereocenters. The summed E-state index contributed by atoms with van der Waals surface area (Å²) in [5.74, 6) is 0.873. The highest BCUT2D eigenvalue weighted by Gasteiger charge is 2.06. The summed E-state index contributed by atoms with van der Waals surface area (Å²) >= 11 is 0. The summed E-state index contributed by atoms with van der Waals surface area (Å²) in [5, 5.41) is 7.07. The lowest BCUT2D eigenvalue weighted by Gasteiger charge is -2.09. The van der Waals surface area contributed by atoms with Crippen molar-refractivity contribution in [3.05, 3.63) is 42.0 Å². The maximum Gasteiger partial charge on any atom is 0.156 e. The van der Waals surface area contributed by atoms with Crippen LogP contribution < -0.4 is 5.32 Å². The molecular formula is C12H17N3O. The van der Waals surface area contributed by atoms with Gasteiger partial charge in [-0.05, 0) is 25.1 Å². The van der Waals surface area contributed by atoms with Gasteiger partial charge in [-0.3, -0.25) is 0 Å². The van der Waals surface area contributed by atoms with Gasteiger partial charge in [0.2, 0.25) is 0 Å². The van der Waals surface area contributed by atoms with Crippen LogP contribution in [0, 0.1) is 0 Å². The SMILES string of the molecule is CCNC(C)c1ccn(Cc2ccno2)c1. The van der Waals surface area contributed by atoms with Crippen LogP contribution in [0.5, 0.6) is 0 Å². The highest BCUT2D eigenvalue weighted by atomic mass is 16.5. The monoisotopic (exact) mass is 219 g/mol. The Morgan fingerprint density at radius 3 is 3.06 bits per heavy atom.